The molecule has 1 aromatic carbocycles. The van der Waals surface area contributed by atoms with E-state index in [-0.39, 0.29) is 24.5 Å². The van der Waals surface area contributed by atoms with Crippen LogP contribution < -0.4 is 9.46 Å². The van der Waals surface area contributed by atoms with Gasteiger partial charge in [0.25, 0.3) is 0 Å². The monoisotopic (exact) mass is 299 g/mol. The smallest absolute Gasteiger partial charge is 0.406 e. The van der Waals surface area contributed by atoms with E-state index in [4.69, 9.17) is 5.11 Å². The average Bonchev–Trinajstić information content (AvgIpc) is 2.27. The molecule has 0 atom stereocenters. The van der Waals surface area contributed by atoms with Crippen molar-refractivity contribution in [2.75, 3.05) is 13.2 Å². The van der Waals surface area contributed by atoms with Crippen molar-refractivity contribution >= 4 is 10.0 Å². The first-order chi connectivity index (χ1) is 8.74. The molecule has 1 rings (SSSR count). The number of aliphatic hydroxyl groups is 1. The third-order valence-electron chi connectivity index (χ3n) is 1.99. The highest BCUT2D eigenvalue weighted by Crippen LogP contribution is 2.23. The quantitative estimate of drug-likeness (QED) is 0.775. The summed E-state index contributed by atoms with van der Waals surface area (Å²) in [5.74, 6) is -0.498. The largest absolute Gasteiger partial charge is 0.573 e. The normalized spacial score (nSPS) is 12.4. The van der Waals surface area contributed by atoms with Crippen LogP contribution in [0.3, 0.4) is 0 Å². The molecule has 0 aliphatic heterocycles. The van der Waals surface area contributed by atoms with Crippen molar-refractivity contribution in [1.82, 2.24) is 4.72 Å². The van der Waals surface area contributed by atoms with E-state index < -0.39 is 22.1 Å². The lowest BCUT2D eigenvalue weighted by molar-refractivity contribution is -0.274. The molecule has 0 saturated heterocycles. The van der Waals surface area contributed by atoms with E-state index in [2.05, 4.69) is 9.46 Å². The van der Waals surface area contributed by atoms with Crippen LogP contribution in [0, 0.1) is 0 Å². The van der Waals surface area contributed by atoms with Gasteiger partial charge >= 0.3 is 6.36 Å². The molecule has 5 nitrogen and oxygen atoms in total. The van der Waals surface area contributed by atoms with Crippen LogP contribution in [0.2, 0.25) is 0 Å². The van der Waals surface area contributed by atoms with Crippen LogP contribution in [0.1, 0.15) is 6.42 Å². The SMILES string of the molecule is O=S(=O)(NCCCO)c1ccc(OC(F)(F)F)cc1. The second-order valence-electron chi connectivity index (χ2n) is 3.49. The number of hydrogen-bond donors (Lipinski definition) is 2. The first kappa shape index (κ1) is 15.7. The summed E-state index contributed by atoms with van der Waals surface area (Å²) in [6, 6.07) is 3.83. The van der Waals surface area contributed by atoms with Crippen LogP contribution in [0.5, 0.6) is 5.75 Å². The van der Waals surface area contributed by atoms with Crippen molar-refractivity contribution in [3.05, 3.63) is 24.3 Å². The topological polar surface area (TPSA) is 75.6 Å². The van der Waals surface area contributed by atoms with Gasteiger partial charge in [-0.05, 0) is 30.7 Å². The van der Waals surface area contributed by atoms with Crippen molar-refractivity contribution in [1.29, 1.82) is 0 Å². The molecule has 0 heterocycles. The Hall–Kier alpha value is -1.32. The van der Waals surface area contributed by atoms with Crippen LogP contribution in [0.4, 0.5) is 13.2 Å². The number of aliphatic hydroxyl groups excluding tert-OH is 1. The van der Waals surface area contributed by atoms with Gasteiger partial charge in [-0.3, -0.25) is 0 Å². The number of sulfonamides is 1. The molecule has 0 unspecified atom stereocenters. The van der Waals surface area contributed by atoms with Gasteiger partial charge in [-0.1, -0.05) is 0 Å². The summed E-state index contributed by atoms with van der Waals surface area (Å²) in [7, 11) is -3.79. The van der Waals surface area contributed by atoms with E-state index in [1.807, 2.05) is 0 Å². The predicted molar refractivity (Wildman–Crippen MR) is 60.0 cm³/mol. The van der Waals surface area contributed by atoms with Crippen molar-refractivity contribution in [2.24, 2.45) is 0 Å². The molecule has 2 N–H and O–H groups in total. The standard InChI is InChI=1S/C10H12F3NO4S/c11-10(12,13)18-8-2-4-9(5-3-8)19(16,17)14-6-1-7-15/h2-5,14-15H,1,6-7H2. The van der Waals surface area contributed by atoms with E-state index in [0.29, 0.717) is 0 Å². The Labute approximate surface area is 108 Å². The number of ether oxygens (including phenoxy) is 1. The number of halogens is 3. The minimum Gasteiger partial charge on any atom is -0.406 e. The Morgan fingerprint density at radius 2 is 1.79 bits per heavy atom. The second-order valence-corrected chi connectivity index (χ2v) is 5.26. The summed E-state index contributed by atoms with van der Waals surface area (Å²) in [6.07, 6.45) is -4.58. The first-order valence-electron chi connectivity index (χ1n) is 5.21. The molecule has 0 aromatic heterocycles. The molecule has 1 aromatic rings. The fourth-order valence-electron chi connectivity index (χ4n) is 1.19. The van der Waals surface area contributed by atoms with E-state index >= 15 is 0 Å². The fourth-order valence-corrected chi connectivity index (χ4v) is 2.26. The summed E-state index contributed by atoms with van der Waals surface area (Å²) in [4.78, 5) is -0.181. The molecule has 108 valence electrons. The number of alkyl halides is 3. The number of nitrogens with one attached hydrogen (secondary N) is 1. The molecule has 0 bridgehead atoms. The van der Waals surface area contributed by atoms with Crippen molar-refractivity contribution in [2.45, 2.75) is 17.7 Å². The minimum absolute atomic E-state index is 0.0413. The van der Waals surface area contributed by atoms with Crippen molar-refractivity contribution in [3.63, 3.8) is 0 Å². The van der Waals surface area contributed by atoms with Crippen LogP contribution >= 0.6 is 0 Å². The second kappa shape index (κ2) is 6.22. The lowest BCUT2D eigenvalue weighted by Crippen LogP contribution is -2.25. The molecule has 19 heavy (non-hydrogen) atoms. The van der Waals surface area contributed by atoms with Gasteiger partial charge in [0.1, 0.15) is 5.75 Å². The first-order valence-corrected chi connectivity index (χ1v) is 6.69. The van der Waals surface area contributed by atoms with Gasteiger partial charge in [-0.2, -0.15) is 0 Å². The lowest BCUT2D eigenvalue weighted by atomic mass is 10.3. The summed E-state index contributed by atoms with van der Waals surface area (Å²) in [5, 5.41) is 8.52. The highest BCUT2D eigenvalue weighted by molar-refractivity contribution is 7.89. The van der Waals surface area contributed by atoms with Crippen molar-refractivity contribution < 1.29 is 31.4 Å². The third-order valence-corrected chi connectivity index (χ3v) is 3.47. The van der Waals surface area contributed by atoms with E-state index in [0.717, 1.165) is 24.3 Å². The van der Waals surface area contributed by atoms with Gasteiger partial charge in [0.05, 0.1) is 4.90 Å². The molecule has 0 amide bonds. The highest BCUT2D eigenvalue weighted by atomic mass is 32.2. The summed E-state index contributed by atoms with van der Waals surface area (Å²) in [5.41, 5.74) is 0. The van der Waals surface area contributed by atoms with Crippen molar-refractivity contribution in [3.8, 4) is 5.75 Å². The Morgan fingerprint density at radius 3 is 2.26 bits per heavy atom. The summed E-state index contributed by atoms with van der Waals surface area (Å²) >= 11 is 0. The summed E-state index contributed by atoms with van der Waals surface area (Å²) in [6.45, 7) is -0.124. The molecule has 0 aliphatic carbocycles. The molecule has 0 spiro atoms. The van der Waals surface area contributed by atoms with Crippen LogP contribution in [0.15, 0.2) is 29.2 Å². The molecule has 0 saturated carbocycles. The number of hydrogen-bond acceptors (Lipinski definition) is 4. The average molecular weight is 299 g/mol. The zero-order valence-electron chi connectivity index (χ0n) is 9.64. The maximum absolute atomic E-state index is 11.9. The van der Waals surface area contributed by atoms with Crippen LogP contribution in [-0.2, 0) is 10.0 Å². The molecule has 0 radical (unpaired) electrons. The Morgan fingerprint density at radius 1 is 1.21 bits per heavy atom. The van der Waals surface area contributed by atoms with Gasteiger partial charge in [-0.25, -0.2) is 13.1 Å². The zero-order valence-corrected chi connectivity index (χ0v) is 10.5. The van der Waals surface area contributed by atoms with Gasteiger partial charge in [0.2, 0.25) is 10.0 Å². The number of benzene rings is 1. The van der Waals surface area contributed by atoms with Gasteiger partial charge in [0.15, 0.2) is 0 Å². The third kappa shape index (κ3) is 5.45. The van der Waals surface area contributed by atoms with E-state index in [9.17, 15) is 21.6 Å². The van der Waals surface area contributed by atoms with E-state index in [1.54, 1.807) is 0 Å². The Kier molecular flexibility index (Phi) is 5.15. The van der Waals surface area contributed by atoms with Crippen LogP contribution in [0.25, 0.3) is 0 Å². The zero-order chi connectivity index (χ0) is 14.5. The van der Waals surface area contributed by atoms with E-state index in [1.165, 1.54) is 0 Å². The van der Waals surface area contributed by atoms with Crippen LogP contribution in [-0.4, -0.2) is 33.0 Å². The minimum atomic E-state index is -4.82. The molecule has 0 aliphatic rings. The van der Waals surface area contributed by atoms with Gasteiger partial charge in [-0.15, -0.1) is 13.2 Å². The molecular weight excluding hydrogens is 287 g/mol. The molecule has 0 fully saturated rings. The lowest BCUT2D eigenvalue weighted by Gasteiger charge is -2.10. The molecular formula is C10H12F3NO4S. The fraction of sp³-hybridized carbons (Fsp3) is 0.400. The maximum atomic E-state index is 11.9. The highest BCUT2D eigenvalue weighted by Gasteiger charge is 2.31. The molecule has 9 heteroatoms. The summed E-state index contributed by atoms with van der Waals surface area (Å²) < 4.78 is 64.8. The Bertz CT molecular complexity index is 499. The predicted octanol–water partition coefficient (Wildman–Crippen LogP) is 1.25. The van der Waals surface area contributed by atoms with Gasteiger partial charge < -0.3 is 9.84 Å². The number of rotatable bonds is 6. The van der Waals surface area contributed by atoms with Gasteiger partial charge in [0, 0.05) is 13.2 Å². The maximum Gasteiger partial charge on any atom is 0.573 e. The Balaban J connectivity index is 2.75.